The maximum Gasteiger partial charge on any atom is 0.291 e. The topological polar surface area (TPSA) is 76.4 Å². The van der Waals surface area contributed by atoms with E-state index in [-0.39, 0.29) is 12.2 Å². The number of aliphatic hydroxyl groups is 1. The molecule has 0 bridgehead atoms. The Morgan fingerprint density at radius 1 is 1.62 bits per heavy atom. The molecule has 1 unspecified atom stereocenters. The van der Waals surface area contributed by atoms with Gasteiger partial charge >= 0.3 is 0 Å². The van der Waals surface area contributed by atoms with Crippen LogP contribution < -0.4 is 10.9 Å². The van der Waals surface area contributed by atoms with Crippen LogP contribution in [0, 0.1) is 5.92 Å². The van der Waals surface area contributed by atoms with E-state index in [4.69, 9.17) is 16.3 Å². The van der Waals surface area contributed by atoms with Crippen molar-refractivity contribution in [2.45, 2.75) is 38.3 Å². The predicted octanol–water partition coefficient (Wildman–Crippen LogP) is 1.51. The van der Waals surface area contributed by atoms with Gasteiger partial charge in [-0.15, -0.1) is 0 Å². The highest BCUT2D eigenvalue weighted by atomic mass is 35.5. The summed E-state index contributed by atoms with van der Waals surface area (Å²) in [5.74, 6) is 0.549. The third-order valence-electron chi connectivity index (χ3n) is 3.79. The third-order valence-corrected chi connectivity index (χ3v) is 4.08. The summed E-state index contributed by atoms with van der Waals surface area (Å²) in [6, 6.07) is 0. The molecule has 0 spiro atoms. The van der Waals surface area contributed by atoms with E-state index in [1.54, 1.807) is 0 Å². The molecule has 1 heterocycles. The van der Waals surface area contributed by atoms with Crippen molar-refractivity contribution in [2.24, 2.45) is 5.92 Å². The Morgan fingerprint density at radius 2 is 2.38 bits per heavy atom. The first-order valence-corrected chi connectivity index (χ1v) is 7.66. The van der Waals surface area contributed by atoms with Crippen molar-refractivity contribution >= 4 is 17.3 Å². The molecule has 7 heteroatoms. The number of nitrogens with zero attached hydrogens (tertiary/aromatic N) is 2. The van der Waals surface area contributed by atoms with E-state index in [0.29, 0.717) is 36.1 Å². The normalized spacial score (nSPS) is 16.5. The first-order valence-electron chi connectivity index (χ1n) is 7.28. The molecule has 1 aliphatic carbocycles. The van der Waals surface area contributed by atoms with E-state index in [1.807, 2.05) is 0 Å². The fourth-order valence-electron chi connectivity index (χ4n) is 2.32. The molecule has 118 valence electrons. The lowest BCUT2D eigenvalue weighted by molar-refractivity contribution is 0.0615. The Morgan fingerprint density at radius 3 is 3.00 bits per heavy atom. The molecule has 1 atom stereocenters. The molecule has 1 fully saturated rings. The van der Waals surface area contributed by atoms with Crippen LogP contribution in [0.15, 0.2) is 11.0 Å². The molecule has 1 aromatic rings. The lowest BCUT2D eigenvalue weighted by Gasteiger charge is -2.25. The van der Waals surface area contributed by atoms with Gasteiger partial charge in [-0.3, -0.25) is 4.79 Å². The largest absolute Gasteiger partial charge is 0.391 e. The summed E-state index contributed by atoms with van der Waals surface area (Å²) in [6.45, 7) is 1.38. The number of nitrogens with one attached hydrogen (secondary N) is 1. The zero-order valence-electron chi connectivity index (χ0n) is 12.2. The number of aliphatic hydroxyl groups excluding tert-OH is 1. The molecule has 1 aliphatic rings. The van der Waals surface area contributed by atoms with Crippen molar-refractivity contribution in [3.8, 4) is 0 Å². The van der Waals surface area contributed by atoms with Gasteiger partial charge in [0.1, 0.15) is 5.69 Å². The summed E-state index contributed by atoms with van der Waals surface area (Å²) in [5.41, 5.74) is 0.159. The molecule has 2 rings (SSSR count). The second-order valence-electron chi connectivity index (χ2n) is 5.48. The molecule has 1 saturated carbocycles. The fourth-order valence-corrected chi connectivity index (χ4v) is 2.51. The Balaban J connectivity index is 1.97. The van der Waals surface area contributed by atoms with Gasteiger partial charge in [-0.2, -0.15) is 5.10 Å². The summed E-state index contributed by atoms with van der Waals surface area (Å²) in [4.78, 5) is 12.3. The van der Waals surface area contributed by atoms with E-state index in [9.17, 15) is 9.90 Å². The van der Waals surface area contributed by atoms with Gasteiger partial charge in [-0.1, -0.05) is 18.0 Å². The van der Waals surface area contributed by atoms with Crippen molar-refractivity contribution in [2.75, 3.05) is 25.6 Å². The van der Waals surface area contributed by atoms with Crippen molar-refractivity contribution in [1.82, 2.24) is 9.78 Å². The highest BCUT2D eigenvalue weighted by Gasteiger charge is 2.20. The SMILES string of the molecule is COCC(O)CCNc1c(Cl)cnn(CC2CCC2)c1=O. The molecular formula is C14H22ClN3O3. The molecule has 2 N–H and O–H groups in total. The summed E-state index contributed by atoms with van der Waals surface area (Å²) in [7, 11) is 1.54. The lowest BCUT2D eigenvalue weighted by atomic mass is 9.85. The molecule has 0 amide bonds. The minimum atomic E-state index is -0.555. The summed E-state index contributed by atoms with van der Waals surface area (Å²) >= 11 is 6.04. The van der Waals surface area contributed by atoms with E-state index in [1.165, 1.54) is 24.4 Å². The van der Waals surface area contributed by atoms with Gasteiger partial charge in [0.2, 0.25) is 0 Å². The van der Waals surface area contributed by atoms with E-state index < -0.39 is 6.10 Å². The number of anilines is 1. The van der Waals surface area contributed by atoms with Gasteiger partial charge < -0.3 is 15.2 Å². The maximum absolute atomic E-state index is 12.3. The second-order valence-corrected chi connectivity index (χ2v) is 5.88. The lowest BCUT2D eigenvalue weighted by Crippen LogP contribution is -2.31. The Bertz CT molecular complexity index is 517. The second kappa shape index (κ2) is 7.77. The minimum Gasteiger partial charge on any atom is -0.391 e. The molecule has 0 saturated heterocycles. The van der Waals surface area contributed by atoms with Crippen LogP contribution >= 0.6 is 11.6 Å². The van der Waals surface area contributed by atoms with Gasteiger partial charge in [-0.05, 0) is 25.2 Å². The van der Waals surface area contributed by atoms with Crippen molar-refractivity contribution in [3.05, 3.63) is 21.6 Å². The van der Waals surface area contributed by atoms with Crippen LogP contribution in [-0.2, 0) is 11.3 Å². The summed E-state index contributed by atoms with van der Waals surface area (Å²) < 4.78 is 6.33. The van der Waals surface area contributed by atoms with Crippen LogP contribution in [0.5, 0.6) is 0 Å². The van der Waals surface area contributed by atoms with Crippen LogP contribution in [0.4, 0.5) is 5.69 Å². The molecule has 0 aromatic carbocycles. The molecule has 6 nitrogen and oxygen atoms in total. The van der Waals surface area contributed by atoms with Gasteiger partial charge in [0.15, 0.2) is 0 Å². The Labute approximate surface area is 129 Å². The zero-order chi connectivity index (χ0) is 15.2. The highest BCUT2D eigenvalue weighted by molar-refractivity contribution is 6.32. The number of hydrogen-bond donors (Lipinski definition) is 2. The first kappa shape index (κ1) is 16.3. The quantitative estimate of drug-likeness (QED) is 0.760. The molecule has 0 radical (unpaired) electrons. The van der Waals surface area contributed by atoms with Crippen LogP contribution in [-0.4, -0.2) is 41.3 Å². The minimum absolute atomic E-state index is 0.198. The van der Waals surface area contributed by atoms with Crippen LogP contribution in [0.3, 0.4) is 0 Å². The molecule has 1 aromatic heterocycles. The average molecular weight is 316 g/mol. The third kappa shape index (κ3) is 4.43. The molecule has 0 aliphatic heterocycles. The summed E-state index contributed by atoms with van der Waals surface area (Å²) in [5, 5.41) is 17.0. The van der Waals surface area contributed by atoms with Crippen molar-refractivity contribution in [1.29, 1.82) is 0 Å². The van der Waals surface area contributed by atoms with Crippen LogP contribution in [0.25, 0.3) is 0 Å². The predicted molar refractivity (Wildman–Crippen MR) is 81.8 cm³/mol. The maximum atomic E-state index is 12.3. The van der Waals surface area contributed by atoms with Gasteiger partial charge in [0.05, 0.1) is 23.9 Å². The highest BCUT2D eigenvalue weighted by Crippen LogP contribution is 2.27. The van der Waals surface area contributed by atoms with Crippen LogP contribution in [0.1, 0.15) is 25.7 Å². The first-order chi connectivity index (χ1) is 10.1. The average Bonchev–Trinajstić information content (AvgIpc) is 2.40. The van der Waals surface area contributed by atoms with Gasteiger partial charge in [-0.25, -0.2) is 4.68 Å². The van der Waals surface area contributed by atoms with E-state index >= 15 is 0 Å². The smallest absolute Gasteiger partial charge is 0.291 e. The number of ether oxygens (including phenoxy) is 1. The number of halogens is 1. The monoisotopic (exact) mass is 315 g/mol. The summed E-state index contributed by atoms with van der Waals surface area (Å²) in [6.07, 6.45) is 4.96. The zero-order valence-corrected chi connectivity index (χ0v) is 13.0. The number of rotatable bonds is 8. The molecular weight excluding hydrogens is 294 g/mol. The van der Waals surface area contributed by atoms with Crippen molar-refractivity contribution < 1.29 is 9.84 Å². The standard InChI is InChI=1S/C14H22ClN3O3/c1-21-9-11(19)5-6-16-13-12(15)7-17-18(14(13)20)8-10-3-2-4-10/h7,10-11,16,19H,2-6,8-9H2,1H3. The van der Waals surface area contributed by atoms with E-state index in [2.05, 4.69) is 10.4 Å². The number of methoxy groups -OCH3 is 1. The Kier molecular flexibility index (Phi) is 6.02. The number of hydrogen-bond acceptors (Lipinski definition) is 5. The van der Waals surface area contributed by atoms with Gasteiger partial charge in [0.25, 0.3) is 5.56 Å². The Hall–Kier alpha value is -1.11. The van der Waals surface area contributed by atoms with Crippen LogP contribution in [0.2, 0.25) is 5.02 Å². The fraction of sp³-hybridized carbons (Fsp3) is 0.714. The number of aromatic nitrogens is 2. The van der Waals surface area contributed by atoms with Gasteiger partial charge in [0, 0.05) is 20.2 Å². The van der Waals surface area contributed by atoms with E-state index in [0.717, 1.165) is 12.8 Å². The molecule has 21 heavy (non-hydrogen) atoms. The van der Waals surface area contributed by atoms with Crippen molar-refractivity contribution in [3.63, 3.8) is 0 Å².